The van der Waals surface area contributed by atoms with Crippen molar-refractivity contribution < 1.29 is 14.0 Å². The van der Waals surface area contributed by atoms with Gasteiger partial charge in [-0.1, -0.05) is 60.7 Å². The molecule has 0 aromatic heterocycles. The van der Waals surface area contributed by atoms with Crippen molar-refractivity contribution in [2.24, 2.45) is 0 Å². The van der Waals surface area contributed by atoms with Crippen LogP contribution in [0.2, 0.25) is 0 Å². The van der Waals surface area contributed by atoms with Gasteiger partial charge in [-0.2, -0.15) is 0 Å². The monoisotopic (exact) mass is 498 g/mol. The van der Waals surface area contributed by atoms with Crippen molar-refractivity contribution >= 4 is 29.3 Å². The van der Waals surface area contributed by atoms with Crippen LogP contribution in [0.1, 0.15) is 21.5 Å². The molecule has 2 amide bonds. The lowest BCUT2D eigenvalue weighted by atomic mass is 10.0. The molecule has 0 saturated heterocycles. The lowest BCUT2D eigenvalue weighted by Gasteiger charge is -2.28. The van der Waals surface area contributed by atoms with E-state index in [1.807, 2.05) is 72.8 Å². The summed E-state index contributed by atoms with van der Waals surface area (Å²) in [6.45, 7) is 0. The molecule has 0 fully saturated rings. The molecule has 1 atom stereocenters. The van der Waals surface area contributed by atoms with Crippen molar-refractivity contribution in [3.05, 3.63) is 132 Å². The van der Waals surface area contributed by atoms with E-state index in [1.54, 1.807) is 18.8 Å². The maximum atomic E-state index is 13.4. The van der Waals surface area contributed by atoms with E-state index in [2.05, 4.69) is 17.4 Å². The molecule has 0 bridgehead atoms. The van der Waals surface area contributed by atoms with Crippen molar-refractivity contribution in [2.45, 2.75) is 23.1 Å². The number of thioether (sulfide) groups is 1. The van der Waals surface area contributed by atoms with Crippen LogP contribution in [-0.2, 0) is 17.0 Å². The number of anilines is 1. The van der Waals surface area contributed by atoms with Crippen molar-refractivity contribution in [1.29, 1.82) is 0 Å². The highest BCUT2D eigenvalue weighted by Gasteiger charge is 2.28. The van der Waals surface area contributed by atoms with E-state index in [9.17, 15) is 14.0 Å². The number of halogens is 1. The van der Waals surface area contributed by atoms with E-state index in [0.717, 1.165) is 16.2 Å². The molecule has 1 N–H and O–H groups in total. The lowest BCUT2D eigenvalue weighted by molar-refractivity contribution is -0.120. The minimum atomic E-state index is -0.753. The van der Waals surface area contributed by atoms with Crippen LogP contribution in [0, 0.1) is 5.82 Å². The number of likely N-dealkylation sites (N-methyl/N-ethyl adjacent to an activating group) is 1. The number of nitrogens with zero attached hydrogens (tertiary/aromatic N) is 1. The number of carbonyl (C=O) groups excluding carboxylic acids is 2. The largest absolute Gasteiger partial charge is 0.329 e. The Hall–Kier alpha value is -3.90. The van der Waals surface area contributed by atoms with Gasteiger partial charge < -0.3 is 10.2 Å². The first-order valence-corrected chi connectivity index (χ1v) is 12.6. The fraction of sp³-hybridized carbons (Fsp3) is 0.133. The fourth-order valence-electron chi connectivity index (χ4n) is 3.78. The number of benzene rings is 4. The second-order valence-corrected chi connectivity index (χ2v) is 9.47. The average molecular weight is 499 g/mol. The average Bonchev–Trinajstić information content (AvgIpc) is 2.92. The van der Waals surface area contributed by atoms with Crippen LogP contribution in [0.25, 0.3) is 0 Å². The quantitative estimate of drug-likeness (QED) is 0.270. The first-order valence-electron chi connectivity index (χ1n) is 11.6. The lowest BCUT2D eigenvalue weighted by Crippen LogP contribution is -2.46. The number of rotatable bonds is 9. The van der Waals surface area contributed by atoms with Gasteiger partial charge in [-0.15, -0.1) is 11.8 Å². The first kappa shape index (κ1) is 25.2. The summed E-state index contributed by atoms with van der Waals surface area (Å²) in [7, 11) is 1.60. The number of hydrogen-bond donors (Lipinski definition) is 1. The SMILES string of the molecule is CN(C(=O)c1ccc(F)cc1)[C@@H](Cc1ccccc1)C(=O)Nc1ccc(SCc2ccccc2)cc1. The van der Waals surface area contributed by atoms with E-state index >= 15 is 0 Å². The second kappa shape index (κ2) is 12.2. The van der Waals surface area contributed by atoms with Gasteiger partial charge >= 0.3 is 0 Å². The highest BCUT2D eigenvalue weighted by atomic mass is 32.2. The third kappa shape index (κ3) is 6.83. The highest BCUT2D eigenvalue weighted by molar-refractivity contribution is 7.98. The Balaban J connectivity index is 1.46. The summed E-state index contributed by atoms with van der Waals surface area (Å²) in [5.41, 5.74) is 3.16. The molecular formula is C30H27FN2O2S. The Kier molecular flexibility index (Phi) is 8.53. The Morgan fingerprint density at radius 2 is 1.39 bits per heavy atom. The minimum absolute atomic E-state index is 0.290. The molecule has 4 aromatic carbocycles. The van der Waals surface area contributed by atoms with Gasteiger partial charge in [-0.05, 0) is 59.7 Å². The summed E-state index contributed by atoms with van der Waals surface area (Å²) < 4.78 is 13.3. The summed E-state index contributed by atoms with van der Waals surface area (Å²) in [6.07, 6.45) is 0.348. The zero-order valence-electron chi connectivity index (χ0n) is 19.9. The number of carbonyl (C=O) groups is 2. The zero-order valence-corrected chi connectivity index (χ0v) is 20.8. The third-order valence-electron chi connectivity index (χ3n) is 5.82. The number of hydrogen-bond acceptors (Lipinski definition) is 3. The zero-order chi connectivity index (χ0) is 25.3. The molecule has 0 saturated carbocycles. The van der Waals surface area contributed by atoms with Crippen LogP contribution >= 0.6 is 11.8 Å². The third-order valence-corrected chi connectivity index (χ3v) is 6.91. The van der Waals surface area contributed by atoms with E-state index in [4.69, 9.17) is 0 Å². The van der Waals surface area contributed by atoms with E-state index in [0.29, 0.717) is 17.7 Å². The molecular weight excluding hydrogens is 471 g/mol. The van der Waals surface area contributed by atoms with Crippen LogP contribution in [-0.4, -0.2) is 29.8 Å². The first-order chi connectivity index (χ1) is 17.5. The molecule has 4 aromatic rings. The molecule has 36 heavy (non-hydrogen) atoms. The fourth-order valence-corrected chi connectivity index (χ4v) is 4.64. The number of amides is 2. The summed E-state index contributed by atoms with van der Waals surface area (Å²) >= 11 is 1.72. The van der Waals surface area contributed by atoms with Crippen molar-refractivity contribution in [3.63, 3.8) is 0 Å². The standard InChI is InChI=1S/C30H27FN2O2S/c1-33(30(35)24-12-14-25(31)15-13-24)28(20-22-8-4-2-5-9-22)29(34)32-26-16-18-27(19-17-26)36-21-23-10-6-3-7-11-23/h2-19,28H,20-21H2,1H3,(H,32,34)/t28-/m0/s1. The molecule has 0 heterocycles. The summed E-state index contributed by atoms with van der Waals surface area (Å²) in [4.78, 5) is 29.0. The van der Waals surface area contributed by atoms with Crippen molar-refractivity contribution in [3.8, 4) is 0 Å². The van der Waals surface area contributed by atoms with Gasteiger partial charge in [-0.25, -0.2) is 4.39 Å². The van der Waals surface area contributed by atoms with Gasteiger partial charge in [-0.3, -0.25) is 9.59 Å². The summed E-state index contributed by atoms with van der Waals surface area (Å²) in [6, 6.07) is 32.1. The van der Waals surface area contributed by atoms with Crippen LogP contribution in [0.4, 0.5) is 10.1 Å². The predicted octanol–water partition coefficient (Wildman–Crippen LogP) is 6.44. The highest BCUT2D eigenvalue weighted by Crippen LogP contribution is 2.24. The molecule has 0 aliphatic heterocycles. The Labute approximate surface area is 215 Å². The van der Waals surface area contributed by atoms with Gasteiger partial charge in [0.2, 0.25) is 5.91 Å². The maximum absolute atomic E-state index is 13.4. The van der Waals surface area contributed by atoms with Crippen molar-refractivity contribution in [2.75, 3.05) is 12.4 Å². The van der Waals surface area contributed by atoms with Crippen molar-refractivity contribution in [1.82, 2.24) is 4.90 Å². The normalized spacial score (nSPS) is 11.5. The molecule has 182 valence electrons. The Morgan fingerprint density at radius 3 is 2.00 bits per heavy atom. The maximum Gasteiger partial charge on any atom is 0.254 e. The molecule has 0 spiro atoms. The molecule has 0 aliphatic rings. The van der Waals surface area contributed by atoms with Crippen LogP contribution < -0.4 is 5.32 Å². The molecule has 6 heteroatoms. The molecule has 0 aliphatic carbocycles. The van der Waals surface area contributed by atoms with E-state index in [-0.39, 0.29) is 11.8 Å². The van der Waals surface area contributed by atoms with Gasteiger partial charge in [0.1, 0.15) is 11.9 Å². The van der Waals surface area contributed by atoms with Crippen LogP contribution in [0.15, 0.2) is 114 Å². The summed E-state index contributed by atoms with van der Waals surface area (Å²) in [5, 5.41) is 2.96. The topological polar surface area (TPSA) is 49.4 Å². The number of nitrogens with one attached hydrogen (secondary N) is 1. The van der Waals surface area contributed by atoms with Gasteiger partial charge in [0.25, 0.3) is 5.91 Å². The molecule has 0 unspecified atom stereocenters. The second-order valence-electron chi connectivity index (χ2n) is 8.42. The van der Waals surface area contributed by atoms with E-state index in [1.165, 1.54) is 34.7 Å². The Morgan fingerprint density at radius 1 is 0.806 bits per heavy atom. The van der Waals surface area contributed by atoms with Gasteiger partial charge in [0.05, 0.1) is 0 Å². The molecule has 0 radical (unpaired) electrons. The Bertz CT molecular complexity index is 1280. The van der Waals surface area contributed by atoms with Crippen LogP contribution in [0.5, 0.6) is 0 Å². The molecule has 4 rings (SSSR count). The smallest absolute Gasteiger partial charge is 0.254 e. The van der Waals surface area contributed by atoms with E-state index < -0.39 is 11.9 Å². The molecule has 4 nitrogen and oxygen atoms in total. The minimum Gasteiger partial charge on any atom is -0.329 e. The summed E-state index contributed by atoms with van der Waals surface area (Å²) in [5.74, 6) is -0.194. The predicted molar refractivity (Wildman–Crippen MR) is 144 cm³/mol. The van der Waals surface area contributed by atoms with Gasteiger partial charge in [0.15, 0.2) is 0 Å². The van der Waals surface area contributed by atoms with Gasteiger partial charge in [0, 0.05) is 35.4 Å². The van der Waals surface area contributed by atoms with Crippen LogP contribution in [0.3, 0.4) is 0 Å².